The van der Waals surface area contributed by atoms with Crippen molar-refractivity contribution >= 4 is 35.4 Å². The van der Waals surface area contributed by atoms with Gasteiger partial charge in [-0.05, 0) is 42.5 Å². The molecule has 6 N–H and O–H groups in total. The molecule has 0 aliphatic carbocycles. The van der Waals surface area contributed by atoms with Crippen LogP contribution in [0, 0.1) is 5.92 Å². The molecule has 44 heavy (non-hydrogen) atoms. The van der Waals surface area contributed by atoms with Crippen molar-refractivity contribution < 1.29 is 33.2 Å². The summed E-state index contributed by atoms with van der Waals surface area (Å²) in [6.45, 7) is 2.26. The molecule has 2 aliphatic heterocycles. The van der Waals surface area contributed by atoms with Crippen molar-refractivity contribution in [3.63, 3.8) is 0 Å². The second-order valence-corrected chi connectivity index (χ2v) is 11.4. The summed E-state index contributed by atoms with van der Waals surface area (Å²) in [5.74, 6) is -2.77. The number of primary amides is 1. The molecule has 1 aromatic heterocycles. The number of rotatable bonds is 3. The first-order chi connectivity index (χ1) is 21.1. The van der Waals surface area contributed by atoms with Crippen molar-refractivity contribution in [2.24, 2.45) is 11.7 Å². The molecule has 236 valence electrons. The molecule has 6 amide bonds. The van der Waals surface area contributed by atoms with Crippen molar-refractivity contribution in [3.05, 3.63) is 59.5 Å². The largest absolute Gasteiger partial charge is 0.469 e. The number of furan rings is 1. The van der Waals surface area contributed by atoms with Crippen LogP contribution in [-0.4, -0.2) is 71.6 Å². The van der Waals surface area contributed by atoms with Gasteiger partial charge < -0.3 is 36.3 Å². The molecule has 13 nitrogen and oxygen atoms in total. The van der Waals surface area contributed by atoms with E-state index in [1.807, 2.05) is 0 Å². The highest BCUT2D eigenvalue weighted by Gasteiger charge is 2.33. The van der Waals surface area contributed by atoms with Crippen molar-refractivity contribution in [2.75, 3.05) is 13.1 Å². The van der Waals surface area contributed by atoms with Crippen molar-refractivity contribution in [2.45, 2.75) is 76.5 Å². The van der Waals surface area contributed by atoms with E-state index < -0.39 is 35.7 Å². The molecule has 2 aromatic rings. The van der Waals surface area contributed by atoms with Crippen molar-refractivity contribution in [1.29, 1.82) is 0 Å². The molecule has 1 aromatic carbocycles. The Morgan fingerprint density at radius 2 is 1.70 bits per heavy atom. The fourth-order valence-corrected chi connectivity index (χ4v) is 5.58. The first-order valence-electron chi connectivity index (χ1n) is 14.9. The number of nitrogens with one attached hydrogen (secondary N) is 4. The van der Waals surface area contributed by atoms with Gasteiger partial charge in [0.15, 0.2) is 0 Å². The molecule has 4 atom stereocenters. The summed E-state index contributed by atoms with van der Waals surface area (Å²) in [6.07, 6.45) is 2.91. The maximum Gasteiger partial charge on any atom is 0.243 e. The second kappa shape index (κ2) is 15.2. The van der Waals surface area contributed by atoms with Gasteiger partial charge in [0.1, 0.15) is 17.8 Å². The minimum Gasteiger partial charge on any atom is -0.469 e. The van der Waals surface area contributed by atoms with Crippen LogP contribution in [0.5, 0.6) is 0 Å². The molecule has 1 fully saturated rings. The predicted octanol–water partition coefficient (Wildman–Crippen LogP) is 0.0631. The number of nitrogens with two attached hydrogens (primary N) is 1. The van der Waals surface area contributed by atoms with Gasteiger partial charge >= 0.3 is 0 Å². The Bertz CT molecular complexity index is 1360. The maximum atomic E-state index is 13.4. The number of carbonyl (C=O) groups is 6. The number of benzene rings is 1. The Balaban J connectivity index is 1.56. The average Bonchev–Trinajstić information content (AvgIpc) is 3.67. The van der Waals surface area contributed by atoms with Crippen LogP contribution in [0.3, 0.4) is 0 Å². The van der Waals surface area contributed by atoms with E-state index in [4.69, 9.17) is 10.2 Å². The summed E-state index contributed by atoms with van der Waals surface area (Å²) >= 11 is 0. The van der Waals surface area contributed by atoms with Crippen molar-refractivity contribution in [1.82, 2.24) is 26.2 Å². The van der Waals surface area contributed by atoms with Gasteiger partial charge in [0, 0.05) is 50.9 Å². The van der Waals surface area contributed by atoms with Crippen LogP contribution in [0.2, 0.25) is 0 Å². The zero-order valence-corrected chi connectivity index (χ0v) is 24.8. The third-order valence-corrected chi connectivity index (χ3v) is 8.02. The first-order valence-corrected chi connectivity index (χ1v) is 14.9. The number of hydrogen-bond acceptors (Lipinski definition) is 7. The van der Waals surface area contributed by atoms with Gasteiger partial charge in [-0.3, -0.25) is 28.8 Å². The summed E-state index contributed by atoms with van der Waals surface area (Å²) in [5.41, 5.74) is 6.83. The zero-order valence-electron chi connectivity index (χ0n) is 24.8. The summed E-state index contributed by atoms with van der Waals surface area (Å²) in [7, 11) is 0. The van der Waals surface area contributed by atoms with E-state index in [0.717, 1.165) is 6.42 Å². The molecule has 2 aliphatic rings. The number of amides is 6. The van der Waals surface area contributed by atoms with Crippen molar-refractivity contribution in [3.8, 4) is 0 Å². The van der Waals surface area contributed by atoms with Gasteiger partial charge in [-0.1, -0.05) is 31.2 Å². The molecule has 3 heterocycles. The molecule has 1 unspecified atom stereocenters. The summed E-state index contributed by atoms with van der Waals surface area (Å²) in [4.78, 5) is 79.0. The van der Waals surface area contributed by atoms with Crippen LogP contribution in [0.4, 0.5) is 0 Å². The molecule has 0 bridgehead atoms. The second-order valence-electron chi connectivity index (χ2n) is 11.4. The number of nitrogens with zero attached hydrogens (tertiary/aromatic N) is 1. The standard InChI is InChI=1S/C31H40N6O7/c1-19-14-28(40)37-12-4-8-22(37)16-27(39)36-25(17-23-9-5-13-44-23)31(43)34-18-21-7-3-2-6-20(21)15-26(38)35-24(29(32)41)10-11-33-30(19)42/h2-3,5-7,9,13,19,22,24-25H,4,8,10-12,14-18H2,1H3,(H2,32,41)(H,33,42)(H,34,43)(H,35,38)(H,36,39)/t19?,22-,24-,25-/m0/s1. The van der Waals surface area contributed by atoms with E-state index >= 15 is 0 Å². The summed E-state index contributed by atoms with van der Waals surface area (Å²) in [6, 6.07) is 8.15. The third kappa shape index (κ3) is 8.91. The number of carbonyl (C=O) groups excluding carboxylic acids is 6. The predicted molar refractivity (Wildman–Crippen MR) is 158 cm³/mol. The molecule has 0 saturated carbocycles. The molecule has 4 rings (SSSR count). The van der Waals surface area contributed by atoms with Gasteiger partial charge in [0.2, 0.25) is 35.4 Å². The van der Waals surface area contributed by atoms with Crippen LogP contribution in [-0.2, 0) is 48.2 Å². The van der Waals surface area contributed by atoms with E-state index in [1.165, 1.54) is 6.26 Å². The van der Waals surface area contributed by atoms with E-state index in [0.29, 0.717) is 29.9 Å². The minimum atomic E-state index is -1.01. The quantitative estimate of drug-likeness (QED) is 0.325. The molecule has 1 saturated heterocycles. The number of fused-ring (bicyclic) bond motifs is 2. The molecule has 0 radical (unpaired) electrons. The van der Waals surface area contributed by atoms with Crippen LogP contribution in [0.25, 0.3) is 0 Å². The van der Waals surface area contributed by atoms with Crippen LogP contribution < -0.4 is 27.0 Å². The van der Waals surface area contributed by atoms with E-state index in [9.17, 15) is 28.8 Å². The molecule has 13 heteroatoms. The maximum absolute atomic E-state index is 13.4. The third-order valence-electron chi connectivity index (χ3n) is 8.02. The highest BCUT2D eigenvalue weighted by Crippen LogP contribution is 2.23. The summed E-state index contributed by atoms with van der Waals surface area (Å²) in [5, 5.41) is 11.0. The van der Waals surface area contributed by atoms with Gasteiger partial charge in [-0.15, -0.1) is 0 Å². The minimum absolute atomic E-state index is 0.0146. The molecular formula is C31H40N6O7. The Morgan fingerprint density at radius 1 is 0.932 bits per heavy atom. The smallest absolute Gasteiger partial charge is 0.243 e. The Hall–Kier alpha value is -4.68. The Kier molecular flexibility index (Phi) is 11.1. The van der Waals surface area contributed by atoms with Gasteiger partial charge in [-0.2, -0.15) is 0 Å². The lowest BCUT2D eigenvalue weighted by atomic mass is 10.0. The summed E-state index contributed by atoms with van der Waals surface area (Å²) < 4.78 is 5.43. The highest BCUT2D eigenvalue weighted by molar-refractivity contribution is 5.90. The van der Waals surface area contributed by atoms with Crippen LogP contribution in [0.15, 0.2) is 47.1 Å². The van der Waals surface area contributed by atoms with Gasteiger partial charge in [-0.25, -0.2) is 0 Å². The van der Waals surface area contributed by atoms with Crippen LogP contribution >= 0.6 is 0 Å². The van der Waals surface area contributed by atoms with Gasteiger partial charge in [0.25, 0.3) is 0 Å². The SMILES string of the molecule is CC1CC(=O)N2CCC[C@H]2CC(=O)N[C@@H](Cc2ccco2)C(=O)NCc2ccccc2CC(=O)N[C@H](C(N)=O)CCNC1=O. The first kappa shape index (κ1) is 32.2. The Morgan fingerprint density at radius 3 is 2.43 bits per heavy atom. The lowest BCUT2D eigenvalue weighted by molar-refractivity contribution is -0.137. The lowest BCUT2D eigenvalue weighted by Gasteiger charge is -2.26. The number of hydrogen-bond donors (Lipinski definition) is 5. The van der Waals surface area contributed by atoms with E-state index in [-0.39, 0.29) is 69.0 Å². The normalized spacial score (nSPS) is 24.8. The molecular weight excluding hydrogens is 568 g/mol. The zero-order chi connectivity index (χ0) is 31.6. The fraction of sp³-hybridized carbons (Fsp3) is 0.484. The topological polar surface area (TPSA) is 193 Å². The van der Waals surface area contributed by atoms with E-state index in [1.54, 1.807) is 48.2 Å². The van der Waals surface area contributed by atoms with Crippen LogP contribution in [0.1, 0.15) is 55.9 Å². The monoisotopic (exact) mass is 608 g/mol. The lowest BCUT2D eigenvalue weighted by Crippen LogP contribution is -2.49. The van der Waals surface area contributed by atoms with E-state index in [2.05, 4.69) is 21.3 Å². The highest BCUT2D eigenvalue weighted by atomic mass is 16.3. The average molecular weight is 609 g/mol. The molecule has 0 spiro atoms. The Labute approximate surface area is 255 Å². The van der Waals surface area contributed by atoms with Gasteiger partial charge in [0.05, 0.1) is 12.7 Å². The fourth-order valence-electron chi connectivity index (χ4n) is 5.58.